The highest BCUT2D eigenvalue weighted by molar-refractivity contribution is 5.02. The van der Waals surface area contributed by atoms with Gasteiger partial charge in [0.15, 0.2) is 0 Å². The molecule has 1 unspecified atom stereocenters. The summed E-state index contributed by atoms with van der Waals surface area (Å²) >= 11 is 0. The van der Waals surface area contributed by atoms with Crippen molar-refractivity contribution in [3.05, 3.63) is 18.2 Å². The number of aliphatic hydroxyl groups excluding tert-OH is 1. The molecule has 0 saturated heterocycles. The van der Waals surface area contributed by atoms with Gasteiger partial charge in [0.25, 0.3) is 0 Å². The third-order valence-electron chi connectivity index (χ3n) is 3.76. The highest BCUT2D eigenvalue weighted by Crippen LogP contribution is 2.44. The van der Waals surface area contributed by atoms with E-state index >= 15 is 0 Å². The number of imidazole rings is 1. The normalized spacial score (nSPS) is 22.6. The van der Waals surface area contributed by atoms with Gasteiger partial charge in [-0.25, -0.2) is 4.98 Å². The standard InChI is InChI=1S/C12H20N2O/c1-12(6-4-3-5-7-12)10(15)11-13-8-9-14(11)2/h8-10,15H,3-7H2,1-2H3. The van der Waals surface area contributed by atoms with Crippen molar-refractivity contribution < 1.29 is 5.11 Å². The van der Waals surface area contributed by atoms with Crippen molar-refractivity contribution in [3.8, 4) is 0 Å². The van der Waals surface area contributed by atoms with Gasteiger partial charge in [0.1, 0.15) is 11.9 Å². The van der Waals surface area contributed by atoms with Gasteiger partial charge in [-0.05, 0) is 12.8 Å². The summed E-state index contributed by atoms with van der Waals surface area (Å²) in [7, 11) is 1.94. The largest absolute Gasteiger partial charge is 0.385 e. The quantitative estimate of drug-likeness (QED) is 0.810. The SMILES string of the molecule is Cn1ccnc1C(O)C1(C)CCCCC1. The first-order chi connectivity index (χ1) is 7.13. The fourth-order valence-corrected chi connectivity index (χ4v) is 2.59. The zero-order chi connectivity index (χ0) is 10.9. The zero-order valence-electron chi connectivity index (χ0n) is 9.61. The Morgan fingerprint density at radius 1 is 1.40 bits per heavy atom. The van der Waals surface area contributed by atoms with Crippen LogP contribution in [0.2, 0.25) is 0 Å². The Bertz CT molecular complexity index is 326. The summed E-state index contributed by atoms with van der Waals surface area (Å²) in [5.41, 5.74) is 0.0252. The average Bonchev–Trinajstić information content (AvgIpc) is 2.64. The van der Waals surface area contributed by atoms with Crippen LogP contribution in [0, 0.1) is 5.41 Å². The summed E-state index contributed by atoms with van der Waals surface area (Å²) in [4.78, 5) is 4.25. The molecule has 0 spiro atoms. The Morgan fingerprint density at radius 3 is 2.60 bits per heavy atom. The number of nitrogens with zero attached hydrogens (tertiary/aromatic N) is 2. The summed E-state index contributed by atoms with van der Waals surface area (Å²) < 4.78 is 1.92. The molecule has 0 amide bonds. The lowest BCUT2D eigenvalue weighted by molar-refractivity contribution is 0.000385. The molecule has 0 aromatic carbocycles. The van der Waals surface area contributed by atoms with Crippen LogP contribution in [0.5, 0.6) is 0 Å². The van der Waals surface area contributed by atoms with Crippen LogP contribution in [-0.4, -0.2) is 14.7 Å². The van der Waals surface area contributed by atoms with Crippen LogP contribution in [0.4, 0.5) is 0 Å². The second kappa shape index (κ2) is 3.97. The van der Waals surface area contributed by atoms with Gasteiger partial charge in [-0.1, -0.05) is 26.2 Å². The molecule has 1 heterocycles. The Hall–Kier alpha value is -0.830. The van der Waals surface area contributed by atoms with E-state index in [1.807, 2.05) is 17.8 Å². The lowest BCUT2D eigenvalue weighted by atomic mass is 9.71. The van der Waals surface area contributed by atoms with Crippen molar-refractivity contribution in [2.24, 2.45) is 12.5 Å². The van der Waals surface area contributed by atoms with Crippen molar-refractivity contribution in [3.63, 3.8) is 0 Å². The molecule has 1 aromatic heterocycles. The maximum absolute atomic E-state index is 10.4. The summed E-state index contributed by atoms with van der Waals surface area (Å²) in [5.74, 6) is 0.805. The number of aromatic nitrogens is 2. The van der Waals surface area contributed by atoms with Crippen molar-refractivity contribution in [2.75, 3.05) is 0 Å². The smallest absolute Gasteiger partial charge is 0.137 e. The molecule has 0 bridgehead atoms. The van der Waals surface area contributed by atoms with Crippen LogP contribution in [0.3, 0.4) is 0 Å². The molecule has 1 atom stereocenters. The fourth-order valence-electron chi connectivity index (χ4n) is 2.59. The molecule has 1 fully saturated rings. The minimum atomic E-state index is -0.419. The minimum Gasteiger partial charge on any atom is -0.385 e. The second-order valence-corrected chi connectivity index (χ2v) is 5.01. The first-order valence-corrected chi connectivity index (χ1v) is 5.79. The summed E-state index contributed by atoms with van der Waals surface area (Å²) in [6.45, 7) is 2.19. The van der Waals surface area contributed by atoms with Crippen molar-refractivity contribution >= 4 is 0 Å². The number of aliphatic hydroxyl groups is 1. The third kappa shape index (κ3) is 1.93. The molecular weight excluding hydrogens is 188 g/mol. The van der Waals surface area contributed by atoms with Gasteiger partial charge in [0.05, 0.1) is 0 Å². The molecule has 0 aliphatic heterocycles. The molecule has 0 radical (unpaired) electrons. The zero-order valence-corrected chi connectivity index (χ0v) is 9.61. The predicted molar refractivity (Wildman–Crippen MR) is 59.4 cm³/mol. The fraction of sp³-hybridized carbons (Fsp3) is 0.750. The van der Waals surface area contributed by atoms with E-state index in [0.29, 0.717) is 0 Å². The molecule has 84 valence electrons. The van der Waals surface area contributed by atoms with Crippen LogP contribution >= 0.6 is 0 Å². The van der Waals surface area contributed by atoms with Crippen LogP contribution in [0.15, 0.2) is 12.4 Å². The molecule has 1 aliphatic rings. The molecule has 1 saturated carbocycles. The van der Waals surface area contributed by atoms with Gasteiger partial charge in [0.2, 0.25) is 0 Å². The molecule has 3 nitrogen and oxygen atoms in total. The average molecular weight is 208 g/mol. The Balaban J connectivity index is 2.19. The van der Waals surface area contributed by atoms with E-state index in [1.165, 1.54) is 19.3 Å². The number of hydrogen-bond acceptors (Lipinski definition) is 2. The highest BCUT2D eigenvalue weighted by Gasteiger charge is 2.37. The van der Waals surface area contributed by atoms with Gasteiger partial charge in [-0.2, -0.15) is 0 Å². The first-order valence-electron chi connectivity index (χ1n) is 5.79. The number of aryl methyl sites for hydroxylation is 1. The first kappa shape index (κ1) is 10.7. The van der Waals surface area contributed by atoms with Crippen LogP contribution in [0.1, 0.15) is 51.0 Å². The topological polar surface area (TPSA) is 38.0 Å². The monoisotopic (exact) mass is 208 g/mol. The molecule has 1 N–H and O–H groups in total. The second-order valence-electron chi connectivity index (χ2n) is 5.01. The Morgan fingerprint density at radius 2 is 2.07 bits per heavy atom. The van der Waals surface area contributed by atoms with Crippen molar-refractivity contribution in [1.29, 1.82) is 0 Å². The summed E-state index contributed by atoms with van der Waals surface area (Å²) in [6, 6.07) is 0. The van der Waals surface area contributed by atoms with E-state index in [9.17, 15) is 5.11 Å². The highest BCUT2D eigenvalue weighted by atomic mass is 16.3. The van der Waals surface area contributed by atoms with Gasteiger partial charge in [-0.15, -0.1) is 0 Å². The van der Waals surface area contributed by atoms with E-state index in [2.05, 4.69) is 11.9 Å². The van der Waals surface area contributed by atoms with Crippen LogP contribution < -0.4 is 0 Å². The predicted octanol–water partition coefficient (Wildman–Crippen LogP) is 2.42. The van der Waals surface area contributed by atoms with Crippen LogP contribution in [-0.2, 0) is 7.05 Å². The summed E-state index contributed by atoms with van der Waals surface area (Å²) in [6.07, 6.45) is 9.23. The van der Waals surface area contributed by atoms with E-state index < -0.39 is 6.10 Å². The van der Waals surface area contributed by atoms with E-state index in [0.717, 1.165) is 18.7 Å². The van der Waals surface area contributed by atoms with Gasteiger partial charge >= 0.3 is 0 Å². The number of hydrogen-bond donors (Lipinski definition) is 1. The van der Waals surface area contributed by atoms with E-state index in [-0.39, 0.29) is 5.41 Å². The minimum absolute atomic E-state index is 0.0252. The molecule has 3 heteroatoms. The van der Waals surface area contributed by atoms with Crippen LogP contribution in [0.25, 0.3) is 0 Å². The maximum atomic E-state index is 10.4. The Kier molecular flexibility index (Phi) is 2.83. The van der Waals surface area contributed by atoms with Gasteiger partial charge < -0.3 is 9.67 Å². The molecule has 1 aromatic rings. The summed E-state index contributed by atoms with van der Waals surface area (Å²) in [5, 5.41) is 10.4. The van der Waals surface area contributed by atoms with E-state index in [1.54, 1.807) is 6.20 Å². The Labute approximate surface area is 91.1 Å². The third-order valence-corrected chi connectivity index (χ3v) is 3.76. The maximum Gasteiger partial charge on any atom is 0.137 e. The molecular formula is C12H20N2O. The molecule has 1 aliphatic carbocycles. The van der Waals surface area contributed by atoms with E-state index in [4.69, 9.17) is 0 Å². The van der Waals surface area contributed by atoms with Crippen molar-refractivity contribution in [1.82, 2.24) is 9.55 Å². The van der Waals surface area contributed by atoms with Crippen molar-refractivity contribution in [2.45, 2.75) is 45.1 Å². The van der Waals surface area contributed by atoms with Gasteiger partial charge in [0, 0.05) is 24.9 Å². The molecule has 2 rings (SSSR count). The number of rotatable bonds is 2. The van der Waals surface area contributed by atoms with Gasteiger partial charge in [-0.3, -0.25) is 0 Å². The lowest BCUT2D eigenvalue weighted by Crippen LogP contribution is -2.29. The lowest BCUT2D eigenvalue weighted by Gasteiger charge is -2.37. The molecule has 15 heavy (non-hydrogen) atoms.